The van der Waals surface area contributed by atoms with Gasteiger partial charge in [0.2, 0.25) is 5.91 Å². The molecule has 1 amide bonds. The maximum atomic E-state index is 12.4. The first kappa shape index (κ1) is 15.8. The lowest BCUT2D eigenvalue weighted by atomic mass is 10.2. The van der Waals surface area contributed by atoms with Gasteiger partial charge in [-0.3, -0.25) is 4.79 Å². The summed E-state index contributed by atoms with van der Waals surface area (Å²) < 4.78 is 37.2. The second-order valence-electron chi connectivity index (χ2n) is 5.31. The zero-order valence-corrected chi connectivity index (χ0v) is 11.7. The number of carbonyl (C=O) groups is 1. The summed E-state index contributed by atoms with van der Waals surface area (Å²) in [4.78, 5) is 11.7. The molecule has 1 fully saturated rings. The zero-order chi connectivity index (χ0) is 15.3. The van der Waals surface area contributed by atoms with Crippen LogP contribution in [0.1, 0.15) is 37.7 Å². The molecular formula is C15H19F3N2O. The molecule has 1 aromatic carbocycles. The third-order valence-corrected chi connectivity index (χ3v) is 3.64. The van der Waals surface area contributed by atoms with E-state index in [2.05, 4.69) is 10.6 Å². The van der Waals surface area contributed by atoms with E-state index in [1.807, 2.05) is 0 Å². The van der Waals surface area contributed by atoms with Crippen molar-refractivity contribution in [3.8, 4) is 0 Å². The second-order valence-corrected chi connectivity index (χ2v) is 5.31. The van der Waals surface area contributed by atoms with Gasteiger partial charge in [-0.05, 0) is 37.1 Å². The molecule has 0 unspecified atom stereocenters. The summed E-state index contributed by atoms with van der Waals surface area (Å²) in [5.41, 5.74) is -0.336. The third-order valence-electron chi connectivity index (χ3n) is 3.64. The van der Waals surface area contributed by atoms with Crippen LogP contribution in [0.3, 0.4) is 0 Å². The van der Waals surface area contributed by atoms with Gasteiger partial charge in [-0.15, -0.1) is 0 Å². The highest BCUT2D eigenvalue weighted by Crippen LogP contribution is 2.29. The first-order valence-corrected chi connectivity index (χ1v) is 7.15. The van der Waals surface area contributed by atoms with E-state index >= 15 is 0 Å². The van der Waals surface area contributed by atoms with Crippen molar-refractivity contribution in [2.45, 2.75) is 44.3 Å². The van der Waals surface area contributed by atoms with Crippen LogP contribution in [-0.2, 0) is 11.0 Å². The summed E-state index contributed by atoms with van der Waals surface area (Å²) in [7, 11) is 0. The van der Waals surface area contributed by atoms with E-state index in [1.165, 1.54) is 25.0 Å². The highest BCUT2D eigenvalue weighted by molar-refractivity contribution is 5.90. The molecule has 0 saturated heterocycles. The fourth-order valence-corrected chi connectivity index (χ4v) is 2.49. The molecule has 1 aliphatic rings. The molecule has 0 aromatic heterocycles. The molecule has 2 N–H and O–H groups in total. The minimum Gasteiger partial charge on any atom is -0.326 e. The molecule has 1 aromatic rings. The number of rotatable bonds is 5. The monoisotopic (exact) mass is 300 g/mol. The molecule has 0 heterocycles. The van der Waals surface area contributed by atoms with E-state index < -0.39 is 11.7 Å². The first-order chi connectivity index (χ1) is 9.95. The second kappa shape index (κ2) is 6.93. The number of carbonyl (C=O) groups excluding carboxylic acids is 1. The minimum atomic E-state index is -4.35. The predicted octanol–water partition coefficient (Wildman–Crippen LogP) is 3.57. The fourth-order valence-electron chi connectivity index (χ4n) is 2.49. The quantitative estimate of drug-likeness (QED) is 0.873. The average Bonchev–Trinajstić information content (AvgIpc) is 2.91. The number of benzene rings is 1. The lowest BCUT2D eigenvalue weighted by Crippen LogP contribution is -2.29. The molecule has 0 atom stereocenters. The molecule has 1 aliphatic carbocycles. The van der Waals surface area contributed by atoms with Gasteiger partial charge in [0, 0.05) is 24.7 Å². The third kappa shape index (κ3) is 5.04. The lowest BCUT2D eigenvalue weighted by molar-refractivity contribution is -0.137. The van der Waals surface area contributed by atoms with Crippen molar-refractivity contribution < 1.29 is 18.0 Å². The largest absolute Gasteiger partial charge is 0.416 e. The Labute approximate surface area is 121 Å². The van der Waals surface area contributed by atoms with Crippen molar-refractivity contribution in [2.24, 2.45) is 0 Å². The Kier molecular flexibility index (Phi) is 5.22. The van der Waals surface area contributed by atoms with Gasteiger partial charge in [-0.2, -0.15) is 13.2 Å². The lowest BCUT2D eigenvalue weighted by Gasteiger charge is -2.12. The van der Waals surface area contributed by atoms with Gasteiger partial charge < -0.3 is 10.6 Å². The predicted molar refractivity (Wildman–Crippen MR) is 74.9 cm³/mol. The minimum absolute atomic E-state index is 0.194. The SMILES string of the molecule is O=C(CCNC1CCCC1)Nc1ccc(C(F)(F)F)cc1. The number of halogens is 3. The standard InChI is InChI=1S/C15H19F3N2O/c16-15(17,18)11-5-7-13(8-6-11)20-14(21)9-10-19-12-3-1-2-4-12/h5-8,12,19H,1-4,9-10H2,(H,20,21). The zero-order valence-electron chi connectivity index (χ0n) is 11.7. The Morgan fingerprint density at radius 2 is 1.76 bits per heavy atom. The topological polar surface area (TPSA) is 41.1 Å². The Hall–Kier alpha value is -1.56. The van der Waals surface area contributed by atoms with Gasteiger partial charge in [-0.1, -0.05) is 12.8 Å². The van der Waals surface area contributed by atoms with Crippen LogP contribution in [0.15, 0.2) is 24.3 Å². The smallest absolute Gasteiger partial charge is 0.326 e. The van der Waals surface area contributed by atoms with E-state index in [4.69, 9.17) is 0 Å². The van der Waals surface area contributed by atoms with Crippen LogP contribution in [-0.4, -0.2) is 18.5 Å². The molecule has 21 heavy (non-hydrogen) atoms. The Morgan fingerprint density at radius 3 is 2.33 bits per heavy atom. The van der Waals surface area contributed by atoms with Gasteiger partial charge in [0.05, 0.1) is 5.56 Å². The van der Waals surface area contributed by atoms with E-state index in [-0.39, 0.29) is 5.91 Å². The summed E-state index contributed by atoms with van der Waals surface area (Å²) in [6.07, 6.45) is 0.733. The molecule has 1 saturated carbocycles. The molecule has 0 radical (unpaired) electrons. The highest BCUT2D eigenvalue weighted by Gasteiger charge is 2.29. The van der Waals surface area contributed by atoms with Gasteiger partial charge in [0.25, 0.3) is 0 Å². The Bertz CT molecular complexity index is 465. The van der Waals surface area contributed by atoms with Crippen molar-refractivity contribution in [2.75, 3.05) is 11.9 Å². The van der Waals surface area contributed by atoms with Crippen LogP contribution in [0, 0.1) is 0 Å². The van der Waals surface area contributed by atoms with Crippen molar-refractivity contribution in [1.82, 2.24) is 5.32 Å². The molecule has 0 spiro atoms. The first-order valence-electron chi connectivity index (χ1n) is 7.15. The fraction of sp³-hybridized carbons (Fsp3) is 0.533. The van der Waals surface area contributed by atoms with E-state index in [0.717, 1.165) is 25.0 Å². The molecule has 0 bridgehead atoms. The summed E-state index contributed by atoms with van der Waals surface area (Å²) in [5, 5.41) is 5.92. The van der Waals surface area contributed by atoms with Gasteiger partial charge in [0.15, 0.2) is 0 Å². The van der Waals surface area contributed by atoms with Crippen molar-refractivity contribution >= 4 is 11.6 Å². The van der Waals surface area contributed by atoms with E-state index in [1.54, 1.807) is 0 Å². The van der Waals surface area contributed by atoms with Gasteiger partial charge in [0.1, 0.15) is 0 Å². The number of anilines is 1. The Morgan fingerprint density at radius 1 is 1.14 bits per heavy atom. The van der Waals surface area contributed by atoms with Crippen LogP contribution in [0.5, 0.6) is 0 Å². The van der Waals surface area contributed by atoms with Crippen molar-refractivity contribution in [3.05, 3.63) is 29.8 Å². The molecule has 0 aliphatic heterocycles. The number of amides is 1. The average molecular weight is 300 g/mol. The van der Waals surface area contributed by atoms with E-state index in [0.29, 0.717) is 24.7 Å². The van der Waals surface area contributed by atoms with Crippen LogP contribution < -0.4 is 10.6 Å². The highest BCUT2D eigenvalue weighted by atomic mass is 19.4. The van der Waals surface area contributed by atoms with Crippen LogP contribution >= 0.6 is 0 Å². The number of hydrogen-bond acceptors (Lipinski definition) is 2. The van der Waals surface area contributed by atoms with Crippen LogP contribution in [0.4, 0.5) is 18.9 Å². The number of hydrogen-bond donors (Lipinski definition) is 2. The number of alkyl halides is 3. The molecular weight excluding hydrogens is 281 g/mol. The summed E-state index contributed by atoms with van der Waals surface area (Å²) in [6.45, 7) is 0.594. The van der Waals surface area contributed by atoms with E-state index in [9.17, 15) is 18.0 Å². The molecule has 3 nitrogen and oxygen atoms in total. The normalized spacial score (nSPS) is 16.1. The van der Waals surface area contributed by atoms with Crippen molar-refractivity contribution in [1.29, 1.82) is 0 Å². The van der Waals surface area contributed by atoms with Crippen LogP contribution in [0.2, 0.25) is 0 Å². The molecule has 6 heteroatoms. The van der Waals surface area contributed by atoms with Gasteiger partial charge >= 0.3 is 6.18 Å². The summed E-state index contributed by atoms with van der Waals surface area (Å²) in [6, 6.07) is 4.97. The Balaban J connectivity index is 1.74. The number of nitrogens with one attached hydrogen (secondary N) is 2. The summed E-state index contributed by atoms with van der Waals surface area (Å²) >= 11 is 0. The van der Waals surface area contributed by atoms with Gasteiger partial charge in [-0.25, -0.2) is 0 Å². The molecule has 116 valence electrons. The summed E-state index contributed by atoms with van der Waals surface area (Å²) in [5.74, 6) is -0.194. The molecule has 2 rings (SSSR count). The maximum absolute atomic E-state index is 12.4. The van der Waals surface area contributed by atoms with Crippen molar-refractivity contribution in [3.63, 3.8) is 0 Å². The van der Waals surface area contributed by atoms with Crippen LogP contribution in [0.25, 0.3) is 0 Å². The maximum Gasteiger partial charge on any atom is 0.416 e.